The van der Waals surface area contributed by atoms with E-state index >= 15 is 0 Å². The maximum absolute atomic E-state index is 7.58. The van der Waals surface area contributed by atoms with Gasteiger partial charge in [0, 0.05) is 5.88 Å². The van der Waals surface area contributed by atoms with Crippen molar-refractivity contribution in [1.29, 1.82) is 5.41 Å². The zero-order chi connectivity index (χ0) is 14.7. The van der Waals surface area contributed by atoms with Crippen molar-refractivity contribution in [3.8, 4) is 16.9 Å². The van der Waals surface area contributed by atoms with E-state index < -0.39 is 0 Å². The summed E-state index contributed by atoms with van der Waals surface area (Å²) in [6.07, 6.45) is 0.157. The van der Waals surface area contributed by atoms with Gasteiger partial charge >= 0.3 is 0 Å². The van der Waals surface area contributed by atoms with Crippen LogP contribution in [0.15, 0.2) is 29.6 Å². The third-order valence-electron chi connectivity index (χ3n) is 2.81. The highest BCUT2D eigenvalue weighted by Gasteiger charge is 2.14. The Kier molecular flexibility index (Phi) is 4.68. The monoisotopic (exact) mass is 308 g/mol. The van der Waals surface area contributed by atoms with Crippen LogP contribution in [0.5, 0.6) is 5.75 Å². The van der Waals surface area contributed by atoms with Crippen LogP contribution in [0.4, 0.5) is 0 Å². The Morgan fingerprint density at radius 1 is 1.35 bits per heavy atom. The van der Waals surface area contributed by atoms with Crippen LogP contribution < -0.4 is 10.5 Å². The van der Waals surface area contributed by atoms with Gasteiger partial charge in [0.2, 0.25) is 0 Å². The molecule has 20 heavy (non-hydrogen) atoms. The summed E-state index contributed by atoms with van der Waals surface area (Å²) in [6, 6.07) is 7.89. The molecule has 0 aliphatic carbocycles. The molecule has 1 aromatic heterocycles. The molecule has 2 aromatic rings. The number of halogens is 1. The maximum Gasteiger partial charge on any atom is 0.133 e. The molecule has 1 heterocycles. The molecular weight excluding hydrogens is 292 g/mol. The summed E-state index contributed by atoms with van der Waals surface area (Å²) in [5.41, 5.74) is 8.58. The molecular formula is C15H17ClN2OS. The topological polar surface area (TPSA) is 59.1 Å². The Bertz CT molecular complexity index is 605. The quantitative estimate of drug-likeness (QED) is 0.493. The van der Waals surface area contributed by atoms with E-state index in [0.717, 1.165) is 27.3 Å². The highest BCUT2D eigenvalue weighted by Crippen LogP contribution is 2.33. The fourth-order valence-corrected chi connectivity index (χ4v) is 3.29. The van der Waals surface area contributed by atoms with E-state index in [9.17, 15) is 0 Å². The Balaban J connectivity index is 2.34. The number of hydrogen-bond acceptors (Lipinski definition) is 3. The molecule has 3 N–H and O–H groups in total. The summed E-state index contributed by atoms with van der Waals surface area (Å²) in [5, 5.41) is 9.57. The van der Waals surface area contributed by atoms with Gasteiger partial charge in [-0.25, -0.2) is 0 Å². The molecule has 3 nitrogen and oxygen atoms in total. The molecule has 0 saturated carbocycles. The van der Waals surface area contributed by atoms with Crippen LogP contribution in [-0.4, -0.2) is 11.9 Å². The first-order valence-electron chi connectivity index (χ1n) is 6.30. The summed E-state index contributed by atoms with van der Waals surface area (Å²) in [5.74, 6) is 1.26. The second kappa shape index (κ2) is 6.29. The zero-order valence-corrected chi connectivity index (χ0v) is 13.0. The van der Waals surface area contributed by atoms with Gasteiger partial charge in [-0.15, -0.1) is 22.9 Å². The smallest absolute Gasteiger partial charge is 0.133 e. The van der Waals surface area contributed by atoms with Crippen LogP contribution in [-0.2, 0) is 5.88 Å². The van der Waals surface area contributed by atoms with Crippen molar-refractivity contribution in [2.75, 3.05) is 0 Å². The van der Waals surface area contributed by atoms with E-state index in [1.54, 1.807) is 0 Å². The van der Waals surface area contributed by atoms with E-state index in [4.69, 9.17) is 27.5 Å². The standard InChI is InChI=1S/C15H17ClN2OS/c1-9(2)19-11-5-3-10(4-6-11)13-8-20-14(15(17)18)12(13)7-16/h3-6,8-9H,7H2,1-2H3,(H3,17,18). The van der Waals surface area contributed by atoms with Crippen LogP contribution in [0.2, 0.25) is 0 Å². The first-order valence-corrected chi connectivity index (χ1v) is 7.72. The minimum absolute atomic E-state index is 0.0664. The molecule has 0 aliphatic rings. The van der Waals surface area contributed by atoms with Crippen LogP contribution >= 0.6 is 22.9 Å². The first kappa shape index (κ1) is 14.9. The minimum Gasteiger partial charge on any atom is -0.491 e. The second-order valence-corrected chi connectivity index (χ2v) is 5.84. The third-order valence-corrected chi connectivity index (χ3v) is 4.13. The van der Waals surface area contributed by atoms with Gasteiger partial charge in [0.25, 0.3) is 0 Å². The molecule has 0 radical (unpaired) electrons. The Hall–Kier alpha value is -1.52. The van der Waals surface area contributed by atoms with Crippen LogP contribution in [0.3, 0.4) is 0 Å². The SMILES string of the molecule is CC(C)Oc1ccc(-c2csc(C(=N)N)c2CCl)cc1. The van der Waals surface area contributed by atoms with E-state index in [1.807, 2.05) is 43.5 Å². The average molecular weight is 309 g/mol. The molecule has 5 heteroatoms. The van der Waals surface area contributed by atoms with Crippen molar-refractivity contribution in [2.24, 2.45) is 5.73 Å². The number of nitrogens with two attached hydrogens (primary N) is 1. The van der Waals surface area contributed by atoms with Crippen molar-refractivity contribution in [2.45, 2.75) is 25.8 Å². The third kappa shape index (κ3) is 3.14. The van der Waals surface area contributed by atoms with E-state index in [0.29, 0.717) is 5.88 Å². The van der Waals surface area contributed by atoms with E-state index in [2.05, 4.69) is 0 Å². The molecule has 1 aromatic carbocycles. The summed E-state index contributed by atoms with van der Waals surface area (Å²) < 4.78 is 5.63. The number of nitrogen functional groups attached to an aromatic ring is 1. The van der Waals surface area contributed by atoms with Crippen molar-refractivity contribution >= 4 is 28.8 Å². The summed E-state index contributed by atoms with van der Waals surface area (Å²) in [4.78, 5) is 0.748. The number of amidine groups is 1. The Morgan fingerprint density at radius 2 is 2.00 bits per heavy atom. The van der Waals surface area contributed by atoms with Gasteiger partial charge in [-0.1, -0.05) is 12.1 Å². The predicted molar refractivity (Wildman–Crippen MR) is 86.1 cm³/mol. The number of hydrogen-bond donors (Lipinski definition) is 2. The van der Waals surface area contributed by atoms with Gasteiger partial charge in [-0.05, 0) is 48.1 Å². The highest BCUT2D eigenvalue weighted by molar-refractivity contribution is 7.12. The summed E-state index contributed by atoms with van der Waals surface area (Å²) >= 11 is 7.46. The molecule has 2 rings (SSSR count). The van der Waals surface area contributed by atoms with Crippen molar-refractivity contribution in [1.82, 2.24) is 0 Å². The molecule has 0 atom stereocenters. The lowest BCUT2D eigenvalue weighted by atomic mass is 10.0. The number of ether oxygens (including phenoxy) is 1. The molecule has 0 bridgehead atoms. The zero-order valence-electron chi connectivity index (χ0n) is 11.4. The lowest BCUT2D eigenvalue weighted by Crippen LogP contribution is -2.10. The summed E-state index contributed by atoms with van der Waals surface area (Å²) in [6.45, 7) is 4.00. The molecule has 0 fully saturated rings. The molecule has 0 aliphatic heterocycles. The number of nitrogens with one attached hydrogen (secondary N) is 1. The van der Waals surface area contributed by atoms with Gasteiger partial charge in [0.15, 0.2) is 0 Å². The maximum atomic E-state index is 7.58. The predicted octanol–water partition coefficient (Wildman–Crippen LogP) is 4.23. The van der Waals surface area contributed by atoms with E-state index in [1.165, 1.54) is 11.3 Å². The molecule has 0 unspecified atom stereocenters. The van der Waals surface area contributed by atoms with Gasteiger partial charge in [-0.2, -0.15) is 0 Å². The Labute approximate surface area is 127 Å². The van der Waals surface area contributed by atoms with Crippen LogP contribution in [0, 0.1) is 5.41 Å². The summed E-state index contributed by atoms with van der Waals surface area (Å²) in [7, 11) is 0. The van der Waals surface area contributed by atoms with Crippen molar-refractivity contribution in [3.63, 3.8) is 0 Å². The van der Waals surface area contributed by atoms with Crippen LogP contribution in [0.1, 0.15) is 24.3 Å². The van der Waals surface area contributed by atoms with Gasteiger partial charge in [-0.3, -0.25) is 5.41 Å². The Morgan fingerprint density at radius 3 is 2.50 bits per heavy atom. The van der Waals surface area contributed by atoms with Gasteiger partial charge in [0.05, 0.1) is 11.0 Å². The fourth-order valence-electron chi connectivity index (χ4n) is 1.97. The van der Waals surface area contributed by atoms with Crippen molar-refractivity contribution in [3.05, 3.63) is 40.1 Å². The van der Waals surface area contributed by atoms with Gasteiger partial charge in [0.1, 0.15) is 11.6 Å². The largest absolute Gasteiger partial charge is 0.491 e. The molecule has 0 spiro atoms. The van der Waals surface area contributed by atoms with Crippen LogP contribution in [0.25, 0.3) is 11.1 Å². The molecule has 0 saturated heterocycles. The number of thiophene rings is 1. The molecule has 106 valence electrons. The fraction of sp³-hybridized carbons (Fsp3) is 0.267. The average Bonchev–Trinajstić information content (AvgIpc) is 2.82. The number of rotatable bonds is 5. The highest BCUT2D eigenvalue weighted by atomic mass is 35.5. The van der Waals surface area contributed by atoms with Crippen molar-refractivity contribution < 1.29 is 4.74 Å². The number of alkyl halides is 1. The normalized spacial score (nSPS) is 10.8. The number of benzene rings is 1. The van der Waals surface area contributed by atoms with Gasteiger partial charge < -0.3 is 10.5 Å². The second-order valence-electron chi connectivity index (χ2n) is 4.70. The molecule has 0 amide bonds. The first-order chi connectivity index (χ1) is 9.52. The van der Waals surface area contributed by atoms with E-state index in [-0.39, 0.29) is 11.9 Å². The lowest BCUT2D eigenvalue weighted by Gasteiger charge is -2.10. The lowest BCUT2D eigenvalue weighted by molar-refractivity contribution is 0.242. The minimum atomic E-state index is 0.0664.